The second-order valence-corrected chi connectivity index (χ2v) is 2.35. The van der Waals surface area contributed by atoms with Gasteiger partial charge in [0.25, 0.3) is 0 Å². The van der Waals surface area contributed by atoms with Crippen molar-refractivity contribution in [3.05, 3.63) is 12.0 Å². The monoisotopic (exact) mass is 215 g/mol. The number of hydrogen-bond acceptors (Lipinski definition) is 4. The quantitative estimate of drug-likeness (QED) is 0.679. The first-order valence-electron chi connectivity index (χ1n) is 3.11. The van der Waals surface area contributed by atoms with Crippen molar-refractivity contribution in [2.75, 3.05) is 0 Å². The second kappa shape index (κ2) is 3.37. The third-order valence-corrected chi connectivity index (χ3v) is 1.34. The van der Waals surface area contributed by atoms with Crippen LogP contribution in [-0.2, 0) is 14.3 Å². The van der Waals surface area contributed by atoms with Crippen LogP contribution < -0.4 is 11.3 Å². The van der Waals surface area contributed by atoms with E-state index in [1.165, 1.54) is 0 Å². The molecule has 0 spiro atoms. The summed E-state index contributed by atoms with van der Waals surface area (Å²) in [6.45, 7) is 1.14. The molecule has 0 aromatic carbocycles. The van der Waals surface area contributed by atoms with Gasteiger partial charge < -0.3 is 25.5 Å². The topological polar surface area (TPSA) is 95.1 Å². The fourth-order valence-electron chi connectivity index (χ4n) is 0.771. The number of halogens is 3. The lowest BCUT2D eigenvalue weighted by molar-refractivity contribution is -0.391. The number of carboxylic acids is 1. The molecule has 0 fully saturated rings. The molecule has 1 aliphatic rings. The largest absolute Gasteiger partial charge is 0.542 e. The first-order valence-corrected chi connectivity index (χ1v) is 3.11. The lowest BCUT2D eigenvalue weighted by Crippen LogP contribution is -2.59. The van der Waals surface area contributed by atoms with Crippen LogP contribution in [0.2, 0.25) is 0 Å². The summed E-state index contributed by atoms with van der Waals surface area (Å²) < 4.78 is 44.3. The minimum atomic E-state index is -5.18. The molecule has 8 heteroatoms. The predicted molar refractivity (Wildman–Crippen MR) is 35.7 cm³/mol. The maximum Gasteiger partial charge on any atom is 0.474 e. The Morgan fingerprint density at radius 1 is 1.57 bits per heavy atom. The van der Waals surface area contributed by atoms with Crippen LogP contribution in [0.5, 0.6) is 0 Å². The summed E-state index contributed by atoms with van der Waals surface area (Å²) in [4.78, 5) is 10.2. The molecule has 0 aromatic heterocycles. The molecule has 0 aromatic rings. The molecule has 0 aliphatic carbocycles. The molecule has 0 radical (unpaired) electrons. The highest BCUT2D eigenvalue weighted by Crippen LogP contribution is 2.39. The van der Waals surface area contributed by atoms with Crippen LogP contribution in [0.1, 0.15) is 6.92 Å². The number of aliphatic carboxylic acids is 1. The highest BCUT2D eigenvalue weighted by Gasteiger charge is 2.64. The number of quaternary nitrogens is 1. The molecule has 1 heterocycles. The average molecular weight is 215 g/mol. The highest BCUT2D eigenvalue weighted by atomic mass is 19.4. The standard InChI is InChI=1S/C6H5F3O4.H3N/c1-3-2-12-5(13-3,4(10)11)6(7,8)9;/h2H,1H3,(H,10,11);1H3. The molecule has 0 bridgehead atoms. The van der Waals surface area contributed by atoms with E-state index in [0.717, 1.165) is 6.92 Å². The van der Waals surface area contributed by atoms with Crippen LogP contribution in [0.3, 0.4) is 0 Å². The number of ether oxygens (including phenoxy) is 2. The Balaban J connectivity index is 0.00000169. The fourth-order valence-corrected chi connectivity index (χ4v) is 0.771. The summed E-state index contributed by atoms with van der Waals surface area (Å²) in [5, 5.41) is 10.2. The van der Waals surface area contributed by atoms with Gasteiger partial charge in [-0.1, -0.05) is 0 Å². The molecule has 0 saturated heterocycles. The van der Waals surface area contributed by atoms with Gasteiger partial charge in [0, 0.05) is 0 Å². The highest BCUT2D eigenvalue weighted by molar-refractivity contribution is 5.75. The van der Waals surface area contributed by atoms with Gasteiger partial charge in [-0.05, 0) is 6.92 Å². The molecule has 1 aliphatic heterocycles. The molecule has 0 amide bonds. The lowest BCUT2D eigenvalue weighted by Gasteiger charge is -2.30. The Morgan fingerprint density at radius 3 is 2.21 bits per heavy atom. The van der Waals surface area contributed by atoms with E-state index >= 15 is 0 Å². The molecule has 4 N–H and O–H groups in total. The van der Waals surface area contributed by atoms with Gasteiger partial charge in [-0.3, -0.25) is 0 Å². The average Bonchev–Trinajstić information content (AvgIpc) is 2.30. The van der Waals surface area contributed by atoms with Gasteiger partial charge in [-0.15, -0.1) is 0 Å². The Kier molecular flexibility index (Phi) is 3.02. The van der Waals surface area contributed by atoms with Crippen molar-refractivity contribution in [2.45, 2.75) is 18.9 Å². The van der Waals surface area contributed by atoms with E-state index < -0.39 is 17.9 Å². The van der Waals surface area contributed by atoms with Crippen molar-refractivity contribution in [3.63, 3.8) is 0 Å². The summed E-state index contributed by atoms with van der Waals surface area (Å²) in [5.74, 6) is -6.44. The number of carboxylic acid groups (broad SMARTS) is 1. The van der Waals surface area contributed by atoms with E-state index in [4.69, 9.17) is 0 Å². The van der Waals surface area contributed by atoms with Crippen molar-refractivity contribution in [3.8, 4) is 0 Å². The van der Waals surface area contributed by atoms with Gasteiger partial charge in [-0.2, -0.15) is 13.2 Å². The van der Waals surface area contributed by atoms with Gasteiger partial charge in [-0.25, -0.2) is 0 Å². The van der Waals surface area contributed by atoms with Gasteiger partial charge >= 0.3 is 12.0 Å². The summed E-state index contributed by atoms with van der Waals surface area (Å²) >= 11 is 0. The number of rotatable bonds is 1. The van der Waals surface area contributed by atoms with E-state index in [1.54, 1.807) is 0 Å². The van der Waals surface area contributed by atoms with Crippen molar-refractivity contribution >= 4 is 5.97 Å². The molecule has 0 saturated carbocycles. The molecule has 82 valence electrons. The second-order valence-electron chi connectivity index (χ2n) is 2.35. The number of carbonyl (C=O) groups excluding carboxylic acids is 1. The maximum atomic E-state index is 12.1. The van der Waals surface area contributed by atoms with E-state index in [-0.39, 0.29) is 11.9 Å². The molecule has 14 heavy (non-hydrogen) atoms. The zero-order chi connectivity index (χ0) is 10.3. The Hall–Kier alpha value is -1.44. The zero-order valence-electron chi connectivity index (χ0n) is 7.34. The summed E-state index contributed by atoms with van der Waals surface area (Å²) in [6, 6.07) is 0. The molecule has 5 nitrogen and oxygen atoms in total. The van der Waals surface area contributed by atoms with Gasteiger partial charge in [0.05, 0.1) is 0 Å². The fraction of sp³-hybridized carbons (Fsp3) is 0.500. The Morgan fingerprint density at radius 2 is 2.07 bits per heavy atom. The first kappa shape index (κ1) is 12.6. The number of alkyl halides is 3. The zero-order valence-corrected chi connectivity index (χ0v) is 7.34. The smallest absolute Gasteiger partial charge is 0.474 e. The van der Waals surface area contributed by atoms with Crippen LogP contribution in [-0.4, -0.2) is 17.9 Å². The van der Waals surface area contributed by atoms with E-state index in [1.807, 2.05) is 0 Å². The van der Waals surface area contributed by atoms with Gasteiger partial charge in [0.15, 0.2) is 0 Å². The van der Waals surface area contributed by atoms with Crippen LogP contribution in [0, 0.1) is 0 Å². The summed E-state index contributed by atoms with van der Waals surface area (Å²) in [5.41, 5.74) is 0. The van der Waals surface area contributed by atoms with E-state index in [9.17, 15) is 23.1 Å². The molecule has 1 unspecified atom stereocenters. The third-order valence-electron chi connectivity index (χ3n) is 1.34. The van der Waals surface area contributed by atoms with Crippen LogP contribution in [0.4, 0.5) is 13.2 Å². The lowest BCUT2D eigenvalue weighted by atomic mass is 10.3. The van der Waals surface area contributed by atoms with Crippen molar-refractivity contribution in [2.24, 2.45) is 0 Å². The number of carbonyl (C=O) groups is 1. The minimum absolute atomic E-state index is 0. The first-order chi connectivity index (χ1) is 5.79. The summed E-state index contributed by atoms with van der Waals surface area (Å²) in [7, 11) is 0. The molecular weight excluding hydrogens is 207 g/mol. The molecule has 1 rings (SSSR count). The van der Waals surface area contributed by atoms with Crippen molar-refractivity contribution < 1.29 is 32.5 Å². The number of allylic oxidation sites excluding steroid dienone is 1. The number of hydrogen-bond donors (Lipinski definition) is 1. The SMILES string of the molecule is CC1=COC(C(=O)[O-])(C(F)(F)F)O1.[NH4+]. The van der Waals surface area contributed by atoms with Crippen molar-refractivity contribution in [1.29, 1.82) is 0 Å². The summed E-state index contributed by atoms with van der Waals surface area (Å²) in [6.07, 6.45) is -4.61. The van der Waals surface area contributed by atoms with Crippen LogP contribution in [0.15, 0.2) is 12.0 Å². The molecular formula is C6H8F3NO4. The van der Waals surface area contributed by atoms with E-state index in [0.29, 0.717) is 6.26 Å². The van der Waals surface area contributed by atoms with Gasteiger partial charge in [0.2, 0.25) is 0 Å². The van der Waals surface area contributed by atoms with Gasteiger partial charge in [0.1, 0.15) is 18.0 Å². The third kappa shape index (κ3) is 1.60. The maximum absolute atomic E-state index is 12.1. The molecule has 1 atom stereocenters. The van der Waals surface area contributed by atoms with Crippen LogP contribution in [0.25, 0.3) is 0 Å². The van der Waals surface area contributed by atoms with Crippen LogP contribution >= 0.6 is 0 Å². The minimum Gasteiger partial charge on any atom is -0.542 e. The predicted octanol–water partition coefficient (Wildman–Crippen LogP) is 0.279. The Bertz CT molecular complexity index is 275. The Labute approximate surface area is 76.7 Å². The normalized spacial score (nSPS) is 25.6. The van der Waals surface area contributed by atoms with Crippen molar-refractivity contribution in [1.82, 2.24) is 6.15 Å². The van der Waals surface area contributed by atoms with E-state index in [2.05, 4.69) is 9.47 Å².